The molecule has 1 fully saturated rings. The summed E-state index contributed by atoms with van der Waals surface area (Å²) in [6, 6.07) is 15.9. The zero-order chi connectivity index (χ0) is 20.6. The number of rotatable bonds is 6. The summed E-state index contributed by atoms with van der Waals surface area (Å²) >= 11 is 0. The first-order chi connectivity index (χ1) is 14.0. The molecule has 2 aromatic carbocycles. The average Bonchev–Trinajstić information content (AvgIpc) is 2.75. The van der Waals surface area contributed by atoms with Crippen LogP contribution in [0.2, 0.25) is 0 Å². The average molecular weight is 396 g/mol. The molecule has 0 radical (unpaired) electrons. The highest BCUT2D eigenvalue weighted by Crippen LogP contribution is 2.18. The highest BCUT2D eigenvalue weighted by molar-refractivity contribution is 6.39. The van der Waals surface area contributed by atoms with Crippen LogP contribution >= 0.6 is 0 Å². The van der Waals surface area contributed by atoms with E-state index in [-0.39, 0.29) is 0 Å². The van der Waals surface area contributed by atoms with Gasteiger partial charge < -0.3 is 20.3 Å². The van der Waals surface area contributed by atoms with Gasteiger partial charge in [-0.2, -0.15) is 0 Å². The van der Waals surface area contributed by atoms with Crippen molar-refractivity contribution in [2.75, 3.05) is 43.1 Å². The fourth-order valence-corrected chi connectivity index (χ4v) is 3.23. The molecule has 154 valence electrons. The third-order valence-corrected chi connectivity index (χ3v) is 5.05. The monoisotopic (exact) mass is 395 g/mol. The maximum atomic E-state index is 12.1. The molecule has 2 N–H and O–H groups in total. The van der Waals surface area contributed by atoms with Crippen molar-refractivity contribution >= 4 is 23.2 Å². The van der Waals surface area contributed by atoms with E-state index < -0.39 is 11.8 Å². The standard InChI is InChI=1S/C23H29N3O3/c1-17(2)19-5-7-20(8-6-19)25-23(28)22(27)24-12-11-18-3-9-21(10-4-18)26-13-15-29-16-14-26/h3-10,17H,11-16H2,1-2H3,(H,24,27)(H,25,28). The van der Waals surface area contributed by atoms with E-state index in [2.05, 4.69) is 53.6 Å². The molecule has 6 heteroatoms. The van der Waals surface area contributed by atoms with E-state index in [4.69, 9.17) is 4.74 Å². The molecule has 1 heterocycles. The lowest BCUT2D eigenvalue weighted by atomic mass is 10.0. The highest BCUT2D eigenvalue weighted by Gasteiger charge is 2.14. The van der Waals surface area contributed by atoms with Crippen molar-refractivity contribution in [2.45, 2.75) is 26.2 Å². The quantitative estimate of drug-likeness (QED) is 0.738. The van der Waals surface area contributed by atoms with Crippen molar-refractivity contribution in [3.63, 3.8) is 0 Å². The first-order valence-corrected chi connectivity index (χ1v) is 10.1. The largest absolute Gasteiger partial charge is 0.378 e. The fourth-order valence-electron chi connectivity index (χ4n) is 3.23. The van der Waals surface area contributed by atoms with E-state index in [1.54, 1.807) is 0 Å². The summed E-state index contributed by atoms with van der Waals surface area (Å²) in [7, 11) is 0. The molecule has 0 spiro atoms. The minimum absolute atomic E-state index is 0.412. The Bertz CT molecular complexity index is 810. The van der Waals surface area contributed by atoms with Crippen LogP contribution in [0, 0.1) is 0 Å². The molecule has 1 aliphatic rings. The van der Waals surface area contributed by atoms with Crippen LogP contribution in [0.3, 0.4) is 0 Å². The number of carbonyl (C=O) groups excluding carboxylic acids is 2. The van der Waals surface area contributed by atoms with Crippen LogP contribution in [-0.4, -0.2) is 44.7 Å². The van der Waals surface area contributed by atoms with Crippen LogP contribution in [-0.2, 0) is 20.7 Å². The van der Waals surface area contributed by atoms with Gasteiger partial charge in [0.05, 0.1) is 13.2 Å². The van der Waals surface area contributed by atoms with E-state index in [0.717, 1.165) is 31.9 Å². The first-order valence-electron chi connectivity index (χ1n) is 10.1. The van der Waals surface area contributed by atoms with Crippen LogP contribution in [0.4, 0.5) is 11.4 Å². The lowest BCUT2D eigenvalue weighted by Crippen LogP contribution is -2.36. The molecular formula is C23H29N3O3. The molecule has 6 nitrogen and oxygen atoms in total. The Morgan fingerprint density at radius 1 is 0.966 bits per heavy atom. The van der Waals surface area contributed by atoms with Crippen molar-refractivity contribution < 1.29 is 14.3 Å². The summed E-state index contributed by atoms with van der Waals surface area (Å²) in [6.07, 6.45) is 0.672. The van der Waals surface area contributed by atoms with Crippen molar-refractivity contribution in [2.24, 2.45) is 0 Å². The number of anilines is 2. The molecule has 1 saturated heterocycles. The Morgan fingerprint density at radius 3 is 2.24 bits per heavy atom. The van der Waals surface area contributed by atoms with Crippen molar-refractivity contribution in [3.8, 4) is 0 Å². The molecule has 0 bridgehead atoms. The molecule has 0 saturated carbocycles. The second kappa shape index (κ2) is 10.1. The van der Waals surface area contributed by atoms with Gasteiger partial charge in [-0.3, -0.25) is 9.59 Å². The fraction of sp³-hybridized carbons (Fsp3) is 0.391. The molecule has 2 amide bonds. The van der Waals surface area contributed by atoms with E-state index in [9.17, 15) is 9.59 Å². The number of amides is 2. The summed E-state index contributed by atoms with van der Waals surface area (Å²) in [5, 5.41) is 5.31. The minimum atomic E-state index is -0.648. The van der Waals surface area contributed by atoms with Gasteiger partial charge in [0.1, 0.15) is 0 Å². The van der Waals surface area contributed by atoms with Crippen LogP contribution < -0.4 is 15.5 Å². The van der Waals surface area contributed by atoms with Gasteiger partial charge >= 0.3 is 11.8 Å². The van der Waals surface area contributed by atoms with Gasteiger partial charge in [0, 0.05) is 31.0 Å². The van der Waals surface area contributed by atoms with Crippen LogP contribution in [0.15, 0.2) is 48.5 Å². The summed E-state index contributed by atoms with van der Waals surface area (Å²) in [4.78, 5) is 26.4. The number of carbonyl (C=O) groups is 2. The molecule has 29 heavy (non-hydrogen) atoms. The molecule has 0 atom stereocenters. The normalized spacial score (nSPS) is 14.0. The van der Waals surface area contributed by atoms with Gasteiger partial charge in [0.2, 0.25) is 0 Å². The first kappa shape index (κ1) is 20.9. The summed E-state index contributed by atoms with van der Waals surface area (Å²) in [6.45, 7) is 7.97. The molecular weight excluding hydrogens is 366 g/mol. The highest BCUT2D eigenvalue weighted by atomic mass is 16.5. The third kappa shape index (κ3) is 6.06. The number of ether oxygens (including phenoxy) is 1. The number of hydrogen-bond donors (Lipinski definition) is 2. The third-order valence-electron chi connectivity index (χ3n) is 5.05. The number of benzene rings is 2. The van der Waals surface area contributed by atoms with E-state index in [1.165, 1.54) is 11.3 Å². The number of nitrogens with zero attached hydrogens (tertiary/aromatic N) is 1. The maximum Gasteiger partial charge on any atom is 0.313 e. The van der Waals surface area contributed by atoms with E-state index in [1.807, 2.05) is 24.3 Å². The molecule has 0 unspecified atom stereocenters. The SMILES string of the molecule is CC(C)c1ccc(NC(=O)C(=O)NCCc2ccc(N3CCOCC3)cc2)cc1. The Hall–Kier alpha value is -2.86. The Kier molecular flexibility index (Phi) is 7.25. The molecule has 2 aromatic rings. The molecule has 1 aliphatic heterocycles. The predicted octanol–water partition coefficient (Wildman–Crippen LogP) is 2.94. The Balaban J connectivity index is 1.42. The molecule has 3 rings (SSSR count). The van der Waals surface area contributed by atoms with E-state index >= 15 is 0 Å². The maximum absolute atomic E-state index is 12.1. The van der Waals surface area contributed by atoms with Gasteiger partial charge in [-0.15, -0.1) is 0 Å². The smallest absolute Gasteiger partial charge is 0.313 e. The predicted molar refractivity (Wildman–Crippen MR) is 115 cm³/mol. The topological polar surface area (TPSA) is 70.7 Å². The van der Waals surface area contributed by atoms with Crippen molar-refractivity contribution in [1.82, 2.24) is 5.32 Å². The minimum Gasteiger partial charge on any atom is -0.378 e. The second-order valence-corrected chi connectivity index (χ2v) is 7.50. The van der Waals surface area contributed by atoms with Crippen LogP contribution in [0.25, 0.3) is 0 Å². The number of hydrogen-bond acceptors (Lipinski definition) is 4. The summed E-state index contributed by atoms with van der Waals surface area (Å²) in [5.41, 5.74) is 4.11. The van der Waals surface area contributed by atoms with Crippen LogP contribution in [0.5, 0.6) is 0 Å². The zero-order valence-electron chi connectivity index (χ0n) is 17.1. The summed E-state index contributed by atoms with van der Waals surface area (Å²) in [5.74, 6) is -0.848. The van der Waals surface area contributed by atoms with Crippen LogP contribution in [0.1, 0.15) is 30.9 Å². The lowest BCUT2D eigenvalue weighted by Gasteiger charge is -2.28. The van der Waals surface area contributed by atoms with Gasteiger partial charge in [-0.1, -0.05) is 38.1 Å². The van der Waals surface area contributed by atoms with Crippen molar-refractivity contribution in [3.05, 3.63) is 59.7 Å². The van der Waals surface area contributed by atoms with Gasteiger partial charge in [-0.25, -0.2) is 0 Å². The summed E-state index contributed by atoms with van der Waals surface area (Å²) < 4.78 is 5.38. The number of morpholine rings is 1. The van der Waals surface area contributed by atoms with E-state index in [0.29, 0.717) is 24.6 Å². The van der Waals surface area contributed by atoms with Crippen molar-refractivity contribution in [1.29, 1.82) is 0 Å². The zero-order valence-corrected chi connectivity index (χ0v) is 17.1. The van der Waals surface area contributed by atoms with Gasteiger partial charge in [0.15, 0.2) is 0 Å². The Morgan fingerprint density at radius 2 is 1.62 bits per heavy atom. The lowest BCUT2D eigenvalue weighted by molar-refractivity contribution is -0.136. The number of nitrogens with one attached hydrogen (secondary N) is 2. The van der Waals surface area contributed by atoms with Gasteiger partial charge in [-0.05, 0) is 47.7 Å². The molecule has 0 aromatic heterocycles. The van der Waals surface area contributed by atoms with Gasteiger partial charge in [0.25, 0.3) is 0 Å². The second-order valence-electron chi connectivity index (χ2n) is 7.50. The Labute approximate surface area is 172 Å². The molecule has 0 aliphatic carbocycles.